The molecule has 186 valence electrons. The number of halogens is 5. The van der Waals surface area contributed by atoms with Crippen molar-refractivity contribution in [3.05, 3.63) is 78.1 Å². The largest absolute Gasteiger partial charge is 0.487 e. The number of nitrogens with one attached hydrogen (secondary N) is 1. The number of alkyl halides is 5. The Morgan fingerprint density at radius 3 is 2.31 bits per heavy atom. The van der Waals surface area contributed by atoms with Gasteiger partial charge in [-0.1, -0.05) is 30.2 Å². The highest BCUT2D eigenvalue weighted by Crippen LogP contribution is 2.35. The van der Waals surface area contributed by atoms with E-state index in [1.54, 1.807) is 36.4 Å². The topological polar surface area (TPSA) is 98.1 Å². The fourth-order valence-electron chi connectivity index (χ4n) is 3.21. The van der Waals surface area contributed by atoms with Crippen molar-refractivity contribution in [1.82, 2.24) is 9.97 Å². The van der Waals surface area contributed by atoms with Crippen LogP contribution in [0.2, 0.25) is 0 Å². The number of hydrogen-bond donors (Lipinski definition) is 2. The van der Waals surface area contributed by atoms with E-state index in [2.05, 4.69) is 26.5 Å². The van der Waals surface area contributed by atoms with Gasteiger partial charge in [-0.25, -0.2) is 18.5 Å². The van der Waals surface area contributed by atoms with Crippen LogP contribution in [0.15, 0.2) is 71.6 Å². The van der Waals surface area contributed by atoms with Gasteiger partial charge < -0.3 is 9.72 Å². The first-order valence-electron chi connectivity index (χ1n) is 10.1. The molecule has 6 nitrogen and oxygen atoms in total. The minimum atomic E-state index is -5.70. The third-order valence-electron chi connectivity index (χ3n) is 5.00. The summed E-state index contributed by atoms with van der Waals surface area (Å²) >= 11 is 0. The summed E-state index contributed by atoms with van der Waals surface area (Å²) in [6.45, 7) is -1.83. The van der Waals surface area contributed by atoms with Crippen molar-refractivity contribution in [2.75, 3.05) is 6.61 Å². The van der Waals surface area contributed by atoms with Crippen molar-refractivity contribution >= 4 is 21.1 Å². The molecule has 0 atom stereocenters. The molecule has 0 amide bonds. The van der Waals surface area contributed by atoms with Gasteiger partial charge in [-0.15, -0.1) is 0 Å². The number of ether oxygens (including phenoxy) is 1. The van der Waals surface area contributed by atoms with Crippen LogP contribution in [0.4, 0.5) is 22.0 Å². The molecule has 0 saturated heterocycles. The highest BCUT2D eigenvalue weighted by Gasteiger charge is 2.58. The first kappa shape index (κ1) is 25.2. The Labute approximate surface area is 202 Å². The van der Waals surface area contributed by atoms with Crippen molar-refractivity contribution in [3.8, 4) is 28.7 Å². The predicted octanol–water partition coefficient (Wildman–Crippen LogP) is 4.85. The van der Waals surface area contributed by atoms with Crippen LogP contribution in [0.5, 0.6) is 5.75 Å². The molecule has 0 bridgehead atoms. The second-order valence-electron chi connectivity index (χ2n) is 7.62. The Bertz CT molecular complexity index is 1590. The first-order chi connectivity index (χ1) is 16.8. The normalized spacial score (nSPS) is 12.3. The fourth-order valence-corrected chi connectivity index (χ4v) is 3.97. The van der Waals surface area contributed by atoms with E-state index in [9.17, 15) is 30.4 Å². The molecule has 4 rings (SSSR count). The lowest BCUT2D eigenvalue weighted by molar-refractivity contribution is -0.290. The van der Waals surface area contributed by atoms with Crippen molar-refractivity contribution in [2.45, 2.75) is 17.0 Å². The quantitative estimate of drug-likeness (QED) is 0.290. The third kappa shape index (κ3) is 5.48. The van der Waals surface area contributed by atoms with Crippen molar-refractivity contribution in [2.24, 2.45) is 5.14 Å². The standard InChI is InChI=1S/C24H16F5N3O3S/c25-23(26,24(27,28)29)14-35-17-9-5-15(6-10-17)7-12-22-31-19-11-8-16(13-20(19)32-22)18-3-1-2-4-21(18)36(30,33)34/h1-6,8-11,13H,14H2,(H,31,32)(H2,30,33,34). The number of aromatic amines is 1. The molecule has 4 aromatic rings. The molecule has 0 saturated carbocycles. The summed E-state index contributed by atoms with van der Waals surface area (Å²) in [6.07, 6.45) is -5.70. The van der Waals surface area contributed by atoms with Gasteiger partial charge in [0.1, 0.15) is 5.75 Å². The van der Waals surface area contributed by atoms with Gasteiger partial charge in [0.15, 0.2) is 12.4 Å². The average Bonchev–Trinajstić information content (AvgIpc) is 3.23. The number of benzene rings is 3. The lowest BCUT2D eigenvalue weighted by atomic mass is 10.1. The summed E-state index contributed by atoms with van der Waals surface area (Å²) in [7, 11) is -3.94. The molecule has 1 aromatic heterocycles. The molecule has 0 radical (unpaired) electrons. The van der Waals surface area contributed by atoms with E-state index in [1.165, 1.54) is 30.3 Å². The monoisotopic (exact) mass is 521 g/mol. The number of H-pyrrole nitrogens is 1. The number of nitrogens with two attached hydrogens (primary N) is 1. The molecule has 0 aliphatic heterocycles. The lowest BCUT2D eigenvalue weighted by Crippen LogP contribution is -2.41. The van der Waals surface area contributed by atoms with E-state index in [4.69, 9.17) is 5.14 Å². The van der Waals surface area contributed by atoms with Crippen LogP contribution in [-0.2, 0) is 10.0 Å². The Morgan fingerprint density at radius 1 is 0.944 bits per heavy atom. The van der Waals surface area contributed by atoms with Gasteiger partial charge in [0.25, 0.3) is 0 Å². The van der Waals surface area contributed by atoms with E-state index >= 15 is 0 Å². The molecule has 3 N–H and O–H groups in total. The summed E-state index contributed by atoms with van der Waals surface area (Å²) in [5.74, 6) is 0.763. The van der Waals surface area contributed by atoms with Crippen LogP contribution in [0, 0.1) is 11.8 Å². The predicted molar refractivity (Wildman–Crippen MR) is 122 cm³/mol. The van der Waals surface area contributed by atoms with Gasteiger partial charge in [0, 0.05) is 11.1 Å². The zero-order valence-electron chi connectivity index (χ0n) is 18.1. The van der Waals surface area contributed by atoms with Gasteiger partial charge in [-0.05, 0) is 53.9 Å². The van der Waals surface area contributed by atoms with E-state index in [1.807, 2.05) is 0 Å². The SMILES string of the molecule is NS(=O)(=O)c1ccccc1-c1ccc2[nH]c(C#Cc3ccc(OCC(F)(F)C(F)(F)F)cc3)nc2c1. The molecule has 0 unspecified atom stereocenters. The maximum Gasteiger partial charge on any atom is 0.456 e. The number of rotatable bonds is 5. The van der Waals surface area contributed by atoms with E-state index in [0.29, 0.717) is 33.5 Å². The molecule has 1 heterocycles. The zero-order chi connectivity index (χ0) is 26.1. The number of hydrogen-bond acceptors (Lipinski definition) is 4. The Hall–Kier alpha value is -3.95. The van der Waals surface area contributed by atoms with Gasteiger partial charge in [0.2, 0.25) is 10.0 Å². The molecule has 3 aromatic carbocycles. The summed E-state index contributed by atoms with van der Waals surface area (Å²) in [5.41, 5.74) is 2.62. The fraction of sp³-hybridized carbons (Fsp3) is 0.125. The van der Waals surface area contributed by atoms with Gasteiger partial charge in [-0.3, -0.25) is 0 Å². The maximum absolute atomic E-state index is 13.0. The van der Waals surface area contributed by atoms with Crippen LogP contribution in [0.1, 0.15) is 11.4 Å². The zero-order valence-corrected chi connectivity index (χ0v) is 18.9. The van der Waals surface area contributed by atoms with Crippen molar-refractivity contribution in [3.63, 3.8) is 0 Å². The van der Waals surface area contributed by atoms with Crippen LogP contribution < -0.4 is 9.88 Å². The van der Waals surface area contributed by atoms with E-state index < -0.39 is 28.7 Å². The second-order valence-corrected chi connectivity index (χ2v) is 9.15. The number of sulfonamides is 1. The summed E-state index contributed by atoms with van der Waals surface area (Å²) in [4.78, 5) is 7.37. The number of primary sulfonamides is 1. The smallest absolute Gasteiger partial charge is 0.456 e. The minimum Gasteiger partial charge on any atom is -0.487 e. The second kappa shape index (κ2) is 9.25. The number of fused-ring (bicyclic) bond motifs is 1. The molecule has 36 heavy (non-hydrogen) atoms. The summed E-state index contributed by atoms with van der Waals surface area (Å²) < 4.78 is 91.0. The molecule has 0 aliphatic rings. The molecular weight excluding hydrogens is 505 g/mol. The Kier molecular flexibility index (Phi) is 6.46. The highest BCUT2D eigenvalue weighted by molar-refractivity contribution is 7.89. The lowest BCUT2D eigenvalue weighted by Gasteiger charge is -2.19. The van der Waals surface area contributed by atoms with Crippen LogP contribution >= 0.6 is 0 Å². The first-order valence-corrected chi connectivity index (χ1v) is 11.7. The highest BCUT2D eigenvalue weighted by atomic mass is 32.2. The summed E-state index contributed by atoms with van der Waals surface area (Å²) in [6, 6.07) is 16.7. The van der Waals surface area contributed by atoms with Crippen LogP contribution in [-0.4, -0.2) is 37.1 Å². The molecule has 0 spiro atoms. The van der Waals surface area contributed by atoms with Gasteiger partial charge >= 0.3 is 12.1 Å². The van der Waals surface area contributed by atoms with Crippen LogP contribution in [0.3, 0.4) is 0 Å². The Morgan fingerprint density at radius 2 is 1.64 bits per heavy atom. The maximum atomic E-state index is 13.0. The van der Waals surface area contributed by atoms with Gasteiger partial charge in [0.05, 0.1) is 15.9 Å². The Balaban J connectivity index is 1.52. The van der Waals surface area contributed by atoms with E-state index in [0.717, 1.165) is 0 Å². The molecular formula is C24H16F5N3O3S. The third-order valence-corrected chi connectivity index (χ3v) is 5.97. The molecule has 0 aliphatic carbocycles. The van der Waals surface area contributed by atoms with E-state index in [-0.39, 0.29) is 10.6 Å². The minimum absolute atomic E-state index is 0.0190. The number of aromatic nitrogens is 2. The number of imidazole rings is 1. The van der Waals surface area contributed by atoms with Crippen molar-refractivity contribution in [1.29, 1.82) is 0 Å². The average molecular weight is 521 g/mol. The molecule has 0 fully saturated rings. The van der Waals surface area contributed by atoms with Gasteiger partial charge in [-0.2, -0.15) is 22.0 Å². The van der Waals surface area contributed by atoms with Crippen LogP contribution in [0.25, 0.3) is 22.2 Å². The number of nitrogens with zero attached hydrogens (tertiary/aromatic N) is 1. The summed E-state index contributed by atoms with van der Waals surface area (Å²) in [5, 5.41) is 5.31. The van der Waals surface area contributed by atoms with Crippen molar-refractivity contribution < 1.29 is 35.1 Å². The molecule has 12 heteroatoms.